The second kappa shape index (κ2) is 4.59. The van der Waals surface area contributed by atoms with Crippen LogP contribution in [0.1, 0.15) is 10.5 Å². The lowest BCUT2D eigenvalue weighted by Gasteiger charge is -2.03. The maximum atomic E-state index is 11.6. The van der Waals surface area contributed by atoms with Crippen LogP contribution in [0.2, 0.25) is 5.15 Å². The molecule has 0 spiro atoms. The van der Waals surface area contributed by atoms with E-state index in [1.54, 1.807) is 0 Å². The Morgan fingerprint density at radius 3 is 2.93 bits per heavy atom. The molecule has 2 rings (SSSR count). The predicted molar refractivity (Wildman–Crippen MR) is 59.3 cm³/mol. The van der Waals surface area contributed by atoms with Crippen molar-refractivity contribution in [3.8, 4) is 0 Å². The van der Waals surface area contributed by atoms with Gasteiger partial charge in [-0.15, -0.1) is 0 Å². The summed E-state index contributed by atoms with van der Waals surface area (Å²) in [6, 6.07) is 0. The minimum Gasteiger partial charge on any atom is -0.300 e. The molecule has 5 nitrogen and oxygen atoms in total. The van der Waals surface area contributed by atoms with Crippen LogP contribution in [0.4, 0.5) is 0 Å². The lowest BCUT2D eigenvalue weighted by molar-refractivity contribution is 0.0973. The highest BCUT2D eigenvalue weighted by molar-refractivity contribution is 8.14. The van der Waals surface area contributed by atoms with Gasteiger partial charge in [-0.3, -0.25) is 15.1 Å². The van der Waals surface area contributed by atoms with E-state index in [9.17, 15) is 4.79 Å². The topological polar surface area (TPSA) is 67.2 Å². The van der Waals surface area contributed by atoms with E-state index in [1.807, 2.05) is 0 Å². The average molecular weight is 243 g/mol. The molecule has 0 atom stereocenters. The first-order valence-corrected chi connectivity index (χ1v) is 5.59. The number of nitrogens with one attached hydrogen (secondary N) is 1. The normalized spacial score (nSPS) is 14.9. The molecule has 1 aromatic rings. The molecule has 7 heteroatoms. The quantitative estimate of drug-likeness (QED) is 0.797. The zero-order valence-electron chi connectivity index (χ0n) is 7.61. The van der Waals surface area contributed by atoms with Gasteiger partial charge in [0.2, 0.25) is 0 Å². The maximum Gasteiger partial charge on any atom is 0.279 e. The number of hydrogen-bond acceptors (Lipinski definition) is 5. The third-order valence-electron chi connectivity index (χ3n) is 1.67. The Kier molecular flexibility index (Phi) is 3.17. The Balaban J connectivity index is 2.11. The summed E-state index contributed by atoms with van der Waals surface area (Å²) in [5.41, 5.74) is 0.120. The summed E-state index contributed by atoms with van der Waals surface area (Å²) in [4.78, 5) is 23.3. The fraction of sp³-hybridized carbons (Fsp3) is 0.250. The summed E-state index contributed by atoms with van der Waals surface area (Å²) < 4.78 is 0. The van der Waals surface area contributed by atoms with Crippen LogP contribution in [-0.4, -0.2) is 33.3 Å². The third-order valence-corrected chi connectivity index (χ3v) is 2.84. The van der Waals surface area contributed by atoms with Crippen molar-refractivity contribution in [1.29, 1.82) is 0 Å². The van der Waals surface area contributed by atoms with Gasteiger partial charge in [-0.1, -0.05) is 23.4 Å². The number of rotatable bonds is 1. The molecule has 78 valence electrons. The van der Waals surface area contributed by atoms with Gasteiger partial charge in [-0.25, -0.2) is 9.97 Å². The lowest BCUT2D eigenvalue weighted by Crippen LogP contribution is -2.28. The fourth-order valence-corrected chi connectivity index (χ4v) is 1.95. The number of nitrogens with zero attached hydrogens (tertiary/aromatic N) is 3. The van der Waals surface area contributed by atoms with Gasteiger partial charge in [-0.05, 0) is 0 Å². The molecule has 1 aromatic heterocycles. The summed E-state index contributed by atoms with van der Waals surface area (Å²) in [5, 5.41) is 3.33. The zero-order chi connectivity index (χ0) is 10.7. The standard InChI is InChI=1S/C8H7ClN4OS/c9-6-5(10-1-2-11-6)7(14)13-8-12-3-4-15-8/h1-2H,3-4H2,(H,12,13,14). The Labute approximate surface area is 95.4 Å². The minimum absolute atomic E-state index is 0.0959. The van der Waals surface area contributed by atoms with E-state index < -0.39 is 0 Å². The Bertz CT molecular complexity index is 423. The summed E-state index contributed by atoms with van der Waals surface area (Å²) in [6.07, 6.45) is 2.85. The van der Waals surface area contributed by atoms with Crippen LogP contribution in [0.3, 0.4) is 0 Å². The predicted octanol–water partition coefficient (Wildman–Crippen LogP) is 0.963. The van der Waals surface area contributed by atoms with Gasteiger partial charge in [0.05, 0.1) is 6.54 Å². The van der Waals surface area contributed by atoms with Gasteiger partial charge >= 0.3 is 0 Å². The minimum atomic E-state index is -0.374. The molecular formula is C8H7ClN4OS. The molecule has 0 aromatic carbocycles. The number of aliphatic imine (C=N–C) groups is 1. The monoisotopic (exact) mass is 242 g/mol. The summed E-state index contributed by atoms with van der Waals surface area (Å²) in [6.45, 7) is 0.731. The van der Waals surface area contributed by atoms with Crippen molar-refractivity contribution < 1.29 is 4.79 Å². The lowest BCUT2D eigenvalue weighted by atomic mass is 10.4. The first kappa shape index (κ1) is 10.4. The number of hydrogen-bond donors (Lipinski definition) is 1. The van der Waals surface area contributed by atoms with Gasteiger partial charge in [0.1, 0.15) is 0 Å². The van der Waals surface area contributed by atoms with E-state index in [1.165, 1.54) is 24.2 Å². The summed E-state index contributed by atoms with van der Waals surface area (Å²) in [5.74, 6) is 0.519. The Hall–Kier alpha value is -1.14. The maximum absolute atomic E-state index is 11.6. The van der Waals surface area contributed by atoms with Gasteiger partial charge < -0.3 is 0 Å². The van der Waals surface area contributed by atoms with Crippen molar-refractivity contribution in [3.63, 3.8) is 0 Å². The molecule has 0 bridgehead atoms. The number of amidine groups is 1. The zero-order valence-corrected chi connectivity index (χ0v) is 9.18. The van der Waals surface area contributed by atoms with Crippen LogP contribution in [-0.2, 0) is 0 Å². The average Bonchev–Trinajstić information content (AvgIpc) is 2.71. The van der Waals surface area contributed by atoms with Crippen molar-refractivity contribution >= 4 is 34.4 Å². The highest BCUT2D eigenvalue weighted by Gasteiger charge is 2.16. The fourth-order valence-electron chi connectivity index (χ4n) is 1.04. The molecule has 0 fully saturated rings. The van der Waals surface area contributed by atoms with Gasteiger partial charge in [0.15, 0.2) is 16.0 Å². The van der Waals surface area contributed by atoms with E-state index in [0.29, 0.717) is 5.17 Å². The largest absolute Gasteiger partial charge is 0.300 e. The number of carbonyl (C=O) groups is 1. The number of thioether (sulfide) groups is 1. The van der Waals surface area contributed by atoms with Gasteiger partial charge in [0.25, 0.3) is 5.91 Å². The van der Waals surface area contributed by atoms with E-state index in [4.69, 9.17) is 11.6 Å². The van der Waals surface area contributed by atoms with Gasteiger partial charge in [-0.2, -0.15) is 0 Å². The molecule has 1 N–H and O–H groups in total. The van der Waals surface area contributed by atoms with Crippen LogP contribution in [0.5, 0.6) is 0 Å². The molecule has 1 amide bonds. The number of amides is 1. The number of aromatic nitrogens is 2. The molecule has 0 radical (unpaired) electrons. The van der Waals surface area contributed by atoms with Crippen LogP contribution < -0.4 is 5.32 Å². The SMILES string of the molecule is O=C(NC1=NCCS1)c1nccnc1Cl. The first-order chi connectivity index (χ1) is 7.27. The summed E-state index contributed by atoms with van der Waals surface area (Å²) >= 11 is 7.22. The number of halogens is 1. The number of carbonyl (C=O) groups excluding carboxylic acids is 1. The summed E-state index contributed by atoms with van der Waals surface area (Å²) in [7, 11) is 0. The van der Waals surface area contributed by atoms with Crippen LogP contribution in [0, 0.1) is 0 Å². The van der Waals surface area contributed by atoms with E-state index in [0.717, 1.165) is 12.3 Å². The second-order valence-electron chi connectivity index (χ2n) is 2.69. The van der Waals surface area contributed by atoms with Crippen LogP contribution in [0.25, 0.3) is 0 Å². The highest BCUT2D eigenvalue weighted by atomic mass is 35.5. The highest BCUT2D eigenvalue weighted by Crippen LogP contribution is 2.12. The first-order valence-electron chi connectivity index (χ1n) is 4.22. The van der Waals surface area contributed by atoms with Crippen molar-refractivity contribution in [2.75, 3.05) is 12.3 Å². The smallest absolute Gasteiger partial charge is 0.279 e. The molecule has 0 aliphatic carbocycles. The second-order valence-corrected chi connectivity index (χ2v) is 4.13. The molecule has 0 saturated heterocycles. The Morgan fingerprint density at radius 1 is 1.47 bits per heavy atom. The molecule has 1 aliphatic heterocycles. The molecule has 15 heavy (non-hydrogen) atoms. The molecule has 0 saturated carbocycles. The van der Waals surface area contributed by atoms with E-state index in [-0.39, 0.29) is 16.8 Å². The molecular weight excluding hydrogens is 236 g/mol. The van der Waals surface area contributed by atoms with Crippen molar-refractivity contribution in [3.05, 3.63) is 23.2 Å². The van der Waals surface area contributed by atoms with E-state index >= 15 is 0 Å². The third kappa shape index (κ3) is 2.45. The molecule has 0 unspecified atom stereocenters. The van der Waals surface area contributed by atoms with E-state index in [2.05, 4.69) is 20.3 Å². The van der Waals surface area contributed by atoms with Crippen molar-refractivity contribution in [2.24, 2.45) is 4.99 Å². The van der Waals surface area contributed by atoms with Gasteiger partial charge in [0, 0.05) is 18.1 Å². The Morgan fingerprint density at radius 2 is 2.27 bits per heavy atom. The molecule has 2 heterocycles. The van der Waals surface area contributed by atoms with Crippen molar-refractivity contribution in [2.45, 2.75) is 0 Å². The van der Waals surface area contributed by atoms with Crippen LogP contribution in [0.15, 0.2) is 17.4 Å². The van der Waals surface area contributed by atoms with Crippen LogP contribution >= 0.6 is 23.4 Å². The molecule has 1 aliphatic rings. The van der Waals surface area contributed by atoms with Crippen molar-refractivity contribution in [1.82, 2.24) is 15.3 Å².